The van der Waals surface area contributed by atoms with E-state index >= 15 is 0 Å². The number of carbonyl (C=O) groups is 4. The van der Waals surface area contributed by atoms with Crippen LogP contribution in [0.5, 0.6) is 5.75 Å². The van der Waals surface area contributed by atoms with Gasteiger partial charge in [0.25, 0.3) is 10.1 Å². The van der Waals surface area contributed by atoms with E-state index in [1.165, 1.54) is 13.8 Å². The number of hydrogen-bond acceptors (Lipinski definition) is 12. The zero-order valence-corrected chi connectivity index (χ0v) is 26.7. The summed E-state index contributed by atoms with van der Waals surface area (Å²) in [6.07, 6.45) is -5.49. The van der Waals surface area contributed by atoms with Gasteiger partial charge in [0, 0.05) is 32.7 Å². The Labute approximate surface area is 265 Å². The van der Waals surface area contributed by atoms with E-state index in [1.807, 2.05) is 0 Å². The first-order valence-electron chi connectivity index (χ1n) is 13.9. The molecule has 0 aromatic heterocycles. The molecule has 1 aliphatic heterocycles. The number of carbonyl (C=O) groups excluding carboxylic acids is 4. The van der Waals surface area contributed by atoms with E-state index in [2.05, 4.69) is 0 Å². The Morgan fingerprint density at radius 2 is 1.44 bits per heavy atom. The second-order valence-electron chi connectivity index (χ2n) is 10.3. The molecule has 1 fully saturated rings. The first-order valence-corrected chi connectivity index (χ1v) is 15.9. The maximum absolute atomic E-state index is 12.2. The van der Waals surface area contributed by atoms with Gasteiger partial charge in [-0.05, 0) is 47.7 Å². The fraction of sp³-hybridized carbons (Fsp3) is 0.467. The highest BCUT2D eigenvalue weighted by atomic mass is 35.5. The average molecular weight is 671 g/mol. The molecule has 13 nitrogen and oxygen atoms in total. The first kappa shape index (κ1) is 35.8. The highest BCUT2D eigenvalue weighted by Crippen LogP contribution is 2.39. The Kier molecular flexibility index (Phi) is 12.7. The topological polar surface area (TPSA) is 178 Å². The average Bonchev–Trinajstić information content (AvgIpc) is 2.93. The fourth-order valence-corrected chi connectivity index (χ4v) is 5.43. The Hall–Kier alpha value is -3.72. The summed E-state index contributed by atoms with van der Waals surface area (Å²) in [6, 6.07) is 12.0. The zero-order chi connectivity index (χ0) is 33.3. The van der Waals surface area contributed by atoms with Crippen LogP contribution in [0.15, 0.2) is 42.5 Å². The molecule has 1 saturated heterocycles. The van der Waals surface area contributed by atoms with Crippen molar-refractivity contribution in [1.29, 1.82) is 0 Å². The highest BCUT2D eigenvalue weighted by molar-refractivity contribution is 7.85. The van der Waals surface area contributed by atoms with Crippen molar-refractivity contribution in [3.63, 3.8) is 0 Å². The summed E-state index contributed by atoms with van der Waals surface area (Å²) < 4.78 is 64.0. The molecule has 0 amide bonds. The van der Waals surface area contributed by atoms with Gasteiger partial charge in [-0.1, -0.05) is 35.9 Å². The number of rotatable bonds is 13. The monoisotopic (exact) mass is 670 g/mol. The van der Waals surface area contributed by atoms with Crippen LogP contribution in [0.4, 0.5) is 0 Å². The van der Waals surface area contributed by atoms with Crippen LogP contribution in [0.2, 0.25) is 5.02 Å². The molecule has 0 saturated carbocycles. The van der Waals surface area contributed by atoms with Gasteiger partial charge in [0.2, 0.25) is 0 Å². The molecular weight excluding hydrogens is 636 g/mol. The predicted molar refractivity (Wildman–Crippen MR) is 158 cm³/mol. The Balaban J connectivity index is 1.91. The van der Waals surface area contributed by atoms with Gasteiger partial charge >= 0.3 is 23.9 Å². The van der Waals surface area contributed by atoms with Crippen molar-refractivity contribution in [3.05, 3.63) is 64.2 Å². The molecule has 3 rings (SSSR count). The zero-order valence-electron chi connectivity index (χ0n) is 25.1. The molecule has 0 radical (unpaired) electrons. The van der Waals surface area contributed by atoms with Gasteiger partial charge < -0.3 is 28.4 Å². The second-order valence-corrected chi connectivity index (χ2v) is 12.3. The quantitative estimate of drug-likeness (QED) is 0.142. The number of benzene rings is 2. The lowest BCUT2D eigenvalue weighted by Crippen LogP contribution is -2.59. The summed E-state index contributed by atoms with van der Waals surface area (Å²) in [5, 5.41) is 0.426. The summed E-state index contributed by atoms with van der Waals surface area (Å²) in [6.45, 7) is 4.41. The minimum Gasteiger partial charge on any atom is -0.494 e. The van der Waals surface area contributed by atoms with E-state index in [9.17, 15) is 27.6 Å². The molecule has 246 valence electrons. The molecule has 0 spiro atoms. The number of hydrogen-bond donors (Lipinski definition) is 1. The lowest BCUT2D eigenvalue weighted by Gasteiger charge is -2.44. The second kappa shape index (κ2) is 16.0. The van der Waals surface area contributed by atoms with E-state index in [4.69, 9.17) is 44.6 Å². The summed E-state index contributed by atoms with van der Waals surface area (Å²) in [7, 11) is -4.06. The summed E-state index contributed by atoms with van der Waals surface area (Å²) in [5.41, 5.74) is 2.01. The van der Waals surface area contributed by atoms with Gasteiger partial charge in [-0.25, -0.2) is 0 Å². The van der Waals surface area contributed by atoms with Crippen LogP contribution < -0.4 is 4.74 Å². The van der Waals surface area contributed by atoms with E-state index < -0.39 is 70.3 Å². The van der Waals surface area contributed by atoms with Crippen molar-refractivity contribution < 1.29 is 60.6 Å². The molecule has 15 heteroatoms. The van der Waals surface area contributed by atoms with E-state index in [1.54, 1.807) is 42.5 Å². The van der Waals surface area contributed by atoms with E-state index in [0.29, 0.717) is 28.3 Å². The van der Waals surface area contributed by atoms with E-state index in [0.717, 1.165) is 19.4 Å². The van der Waals surface area contributed by atoms with Crippen molar-refractivity contribution in [1.82, 2.24) is 0 Å². The molecular formula is C30H35ClO13S. The largest absolute Gasteiger partial charge is 0.494 e. The minimum atomic E-state index is -4.06. The third-order valence-electron chi connectivity index (χ3n) is 6.52. The van der Waals surface area contributed by atoms with Gasteiger partial charge in [0.15, 0.2) is 18.3 Å². The van der Waals surface area contributed by atoms with Gasteiger partial charge in [0.05, 0.1) is 12.4 Å². The van der Waals surface area contributed by atoms with Crippen LogP contribution in [0.3, 0.4) is 0 Å². The van der Waals surface area contributed by atoms with Crippen LogP contribution in [0.1, 0.15) is 56.9 Å². The molecule has 0 aliphatic carbocycles. The first-order chi connectivity index (χ1) is 21.1. The van der Waals surface area contributed by atoms with Crippen LogP contribution in [0, 0.1) is 0 Å². The standard InChI is InChI=1S/C30H35ClO13S/c1-17(32)40-16-26-28(41-18(2)33)30(43-20(4)35)29(42-19(3)34)27(44-26)22-8-11-25(31)23(15-22)14-21-6-9-24(10-7-21)39-12-5-13-45(36,37)38/h6-11,15,26-30H,5,12-14,16H2,1-4H3,(H,36,37,38)/t26-,27+,28-,29+,30+/m1/s1. The van der Waals surface area contributed by atoms with Crippen LogP contribution in [-0.2, 0) is 59.4 Å². The number of halogens is 1. The van der Waals surface area contributed by atoms with Crippen LogP contribution in [0.25, 0.3) is 0 Å². The summed E-state index contributed by atoms with van der Waals surface area (Å²) in [5.74, 6) is -2.68. The molecule has 0 unspecified atom stereocenters. The lowest BCUT2D eigenvalue weighted by molar-refractivity contribution is -0.254. The smallest absolute Gasteiger partial charge is 0.303 e. The maximum atomic E-state index is 12.2. The predicted octanol–water partition coefficient (Wildman–Crippen LogP) is 3.39. The summed E-state index contributed by atoms with van der Waals surface area (Å²) >= 11 is 6.54. The molecule has 1 heterocycles. The van der Waals surface area contributed by atoms with Gasteiger partial charge in [0.1, 0.15) is 24.6 Å². The molecule has 0 bridgehead atoms. The van der Waals surface area contributed by atoms with Gasteiger partial charge in [-0.15, -0.1) is 0 Å². The minimum absolute atomic E-state index is 0.100. The molecule has 2 aromatic rings. The Morgan fingerprint density at radius 1 is 0.844 bits per heavy atom. The third-order valence-corrected chi connectivity index (χ3v) is 7.70. The van der Waals surface area contributed by atoms with Crippen molar-refractivity contribution >= 4 is 45.6 Å². The van der Waals surface area contributed by atoms with Crippen molar-refractivity contribution in [2.75, 3.05) is 19.0 Å². The Morgan fingerprint density at radius 3 is 2.02 bits per heavy atom. The van der Waals surface area contributed by atoms with Crippen LogP contribution in [-0.4, -0.2) is 80.2 Å². The highest BCUT2D eigenvalue weighted by Gasteiger charge is 2.52. The molecule has 1 N–H and O–H groups in total. The number of esters is 4. The van der Waals surface area contributed by atoms with Crippen LogP contribution >= 0.6 is 11.6 Å². The van der Waals surface area contributed by atoms with Crippen molar-refractivity contribution in [2.45, 2.75) is 71.1 Å². The third kappa shape index (κ3) is 11.3. The normalized spacial score (nSPS) is 21.3. The van der Waals surface area contributed by atoms with Gasteiger partial charge in [-0.3, -0.25) is 23.7 Å². The SMILES string of the molecule is CC(=O)OC[C@H]1O[C@@H](c2ccc(Cl)c(Cc3ccc(OCCCS(=O)(=O)O)cc3)c2)[C@H](OC(C)=O)[C@@H](OC(C)=O)[C@@H]1OC(C)=O. The maximum Gasteiger partial charge on any atom is 0.303 e. The van der Waals surface area contributed by atoms with Crippen molar-refractivity contribution in [3.8, 4) is 5.75 Å². The Bertz CT molecular complexity index is 1480. The lowest BCUT2D eigenvalue weighted by atomic mass is 9.89. The van der Waals surface area contributed by atoms with Crippen molar-refractivity contribution in [2.24, 2.45) is 0 Å². The summed E-state index contributed by atoms with van der Waals surface area (Å²) in [4.78, 5) is 48.0. The fourth-order valence-electron chi connectivity index (χ4n) is 4.76. The van der Waals surface area contributed by atoms with Gasteiger partial charge in [-0.2, -0.15) is 8.42 Å². The molecule has 45 heavy (non-hydrogen) atoms. The molecule has 2 aromatic carbocycles. The molecule has 5 atom stereocenters. The number of ether oxygens (including phenoxy) is 6. The van der Waals surface area contributed by atoms with E-state index in [-0.39, 0.29) is 19.6 Å². The molecule has 1 aliphatic rings.